The average Bonchev–Trinajstić information content (AvgIpc) is 3.52. The number of piperidine rings is 1. The molecule has 0 aliphatic carbocycles. The molecular formula is C29H40FN11O7. The van der Waals surface area contributed by atoms with Crippen molar-refractivity contribution in [2.45, 2.75) is 50.4 Å². The number of anilines is 1. The van der Waals surface area contributed by atoms with E-state index >= 15 is 0 Å². The molecule has 19 heteroatoms. The zero-order chi connectivity index (χ0) is 35.2. The number of hydrogen-bond acceptors (Lipinski definition) is 12. The van der Waals surface area contributed by atoms with Crippen molar-refractivity contribution in [3.8, 4) is 6.07 Å². The van der Waals surface area contributed by atoms with Gasteiger partial charge in [0.05, 0.1) is 44.2 Å². The van der Waals surface area contributed by atoms with Gasteiger partial charge in [0.1, 0.15) is 30.8 Å². The van der Waals surface area contributed by atoms with Crippen LogP contribution in [0.15, 0.2) is 18.6 Å². The maximum atomic E-state index is 15.0. The largest absolute Gasteiger partial charge is 0.467 e. The fourth-order valence-corrected chi connectivity index (χ4v) is 5.07. The third-order valence-corrected chi connectivity index (χ3v) is 7.65. The topological polar surface area (TPSA) is 247 Å². The predicted molar refractivity (Wildman–Crippen MR) is 168 cm³/mol. The zero-order valence-electron chi connectivity index (χ0n) is 26.7. The van der Waals surface area contributed by atoms with Crippen LogP contribution in [0.4, 0.5) is 15.0 Å². The average molecular weight is 674 g/mol. The zero-order valence-corrected chi connectivity index (χ0v) is 26.7. The molecule has 0 aromatic carbocycles. The molecule has 0 radical (unpaired) electrons. The third-order valence-electron chi connectivity index (χ3n) is 7.65. The Kier molecular flexibility index (Phi) is 14.0. The van der Waals surface area contributed by atoms with Crippen molar-refractivity contribution in [2.24, 2.45) is 5.73 Å². The normalized spacial score (nSPS) is 16.3. The van der Waals surface area contributed by atoms with Gasteiger partial charge >= 0.3 is 12.0 Å². The first-order chi connectivity index (χ1) is 23.0. The van der Waals surface area contributed by atoms with Crippen LogP contribution in [0.3, 0.4) is 0 Å². The maximum absolute atomic E-state index is 15.0. The number of fused-ring (bicyclic) bond motifs is 1. The Labute approximate surface area is 275 Å². The van der Waals surface area contributed by atoms with Crippen LogP contribution in [0.25, 0.3) is 11.0 Å². The molecule has 2 aromatic heterocycles. The Hall–Kier alpha value is -5.38. The van der Waals surface area contributed by atoms with Gasteiger partial charge < -0.3 is 41.5 Å². The van der Waals surface area contributed by atoms with Crippen molar-refractivity contribution in [3.05, 3.63) is 18.6 Å². The highest BCUT2D eigenvalue weighted by atomic mass is 19.1. The van der Waals surface area contributed by atoms with Crippen LogP contribution in [-0.2, 0) is 28.7 Å². The van der Waals surface area contributed by atoms with Crippen LogP contribution in [0, 0.1) is 11.3 Å². The monoisotopic (exact) mass is 673 g/mol. The first-order valence-corrected chi connectivity index (χ1v) is 15.2. The lowest BCUT2D eigenvalue weighted by atomic mass is 10.0. The van der Waals surface area contributed by atoms with Gasteiger partial charge in [-0.1, -0.05) is 0 Å². The Morgan fingerprint density at radius 1 is 1.10 bits per heavy atom. The number of nitriles is 1. The maximum Gasteiger partial charge on any atom is 0.328 e. The summed E-state index contributed by atoms with van der Waals surface area (Å²) in [7, 11) is 2.81. The van der Waals surface area contributed by atoms with E-state index in [0.717, 1.165) is 4.57 Å². The van der Waals surface area contributed by atoms with E-state index in [1.54, 1.807) is 18.0 Å². The minimum atomic E-state index is -1.27. The second kappa shape index (κ2) is 18.1. The number of unbranched alkanes of at least 4 members (excludes halogenated alkanes) is 1. The van der Waals surface area contributed by atoms with E-state index in [2.05, 4.69) is 36.0 Å². The third kappa shape index (κ3) is 10.1. The van der Waals surface area contributed by atoms with Gasteiger partial charge in [-0.05, 0) is 38.3 Å². The second-order valence-corrected chi connectivity index (χ2v) is 10.9. The Balaban J connectivity index is 1.50. The molecule has 18 nitrogen and oxygen atoms in total. The number of likely N-dealkylation sites (N-methyl/N-ethyl adjacent to an activating group) is 1. The lowest BCUT2D eigenvalue weighted by molar-refractivity contribution is -0.145. The Morgan fingerprint density at radius 3 is 2.46 bits per heavy atom. The highest BCUT2D eigenvalue weighted by molar-refractivity contribution is 5.96. The predicted octanol–water partition coefficient (Wildman–Crippen LogP) is -1.70. The molecule has 6 N–H and O–H groups in total. The van der Waals surface area contributed by atoms with Gasteiger partial charge in [0, 0.05) is 26.3 Å². The molecule has 3 rings (SSSR count). The molecule has 0 spiro atoms. The summed E-state index contributed by atoms with van der Waals surface area (Å²) in [6.07, 6.45) is 2.70. The number of amides is 5. The highest BCUT2D eigenvalue weighted by Crippen LogP contribution is 2.28. The number of nitrogens with one attached hydrogen (secondary N) is 4. The SMILES string of the molecule is COC(=O)[C@@H](CCCCN)NC(=O)CNC(=O)CNC(=O)CNC(=O)n1ccc2c(N(C)C3CN(C(=O)CC#N)CC[C@H]3F)ncnc21. The van der Waals surface area contributed by atoms with Crippen molar-refractivity contribution in [1.29, 1.82) is 5.26 Å². The number of ether oxygens (including phenoxy) is 1. The Bertz CT molecular complexity index is 1530. The molecular weight excluding hydrogens is 633 g/mol. The van der Waals surface area contributed by atoms with Gasteiger partial charge in [-0.3, -0.25) is 23.7 Å². The number of aromatic nitrogens is 3. The number of nitrogens with two attached hydrogens (primary N) is 1. The number of hydrogen-bond donors (Lipinski definition) is 5. The molecule has 48 heavy (non-hydrogen) atoms. The summed E-state index contributed by atoms with van der Waals surface area (Å²) in [4.78, 5) is 85.1. The van der Waals surface area contributed by atoms with Gasteiger partial charge in [0.15, 0.2) is 5.65 Å². The summed E-state index contributed by atoms with van der Waals surface area (Å²) < 4.78 is 20.8. The van der Waals surface area contributed by atoms with Crippen LogP contribution in [0.2, 0.25) is 0 Å². The lowest BCUT2D eigenvalue weighted by Gasteiger charge is -2.40. The molecule has 0 saturated carbocycles. The van der Waals surface area contributed by atoms with Gasteiger partial charge in [0.2, 0.25) is 23.6 Å². The van der Waals surface area contributed by atoms with Crippen LogP contribution in [0.5, 0.6) is 0 Å². The molecule has 260 valence electrons. The molecule has 5 amide bonds. The molecule has 1 fully saturated rings. The molecule has 1 saturated heterocycles. The number of rotatable bonds is 15. The standard InChI is InChI=1S/C29H40FN11O7/c1-39(21-16-40(11-8-19(21)30)25(45)6-10-32)26-18-7-12-41(27(18)37-17-36-26)29(47)35-14-23(43)33-13-22(42)34-15-24(44)38-20(28(46)48-2)5-3-4-9-31/h7,12,17,19-21H,3-6,8-9,11,13-16,31H2,1-2H3,(H,33,43)(H,34,42)(H,35,47)(H,38,44)/t19-,20-,21?/m1/s1. The molecule has 3 atom stereocenters. The van der Waals surface area contributed by atoms with Gasteiger partial charge in [-0.15, -0.1) is 0 Å². The smallest absolute Gasteiger partial charge is 0.328 e. The molecule has 1 aliphatic rings. The second-order valence-electron chi connectivity index (χ2n) is 10.9. The summed E-state index contributed by atoms with van der Waals surface area (Å²) in [6.45, 7) is -0.732. The van der Waals surface area contributed by atoms with E-state index < -0.39 is 67.6 Å². The van der Waals surface area contributed by atoms with Crippen LogP contribution >= 0.6 is 0 Å². The molecule has 3 heterocycles. The molecule has 0 bridgehead atoms. The molecule has 1 aliphatic heterocycles. The summed E-state index contributed by atoms with van der Waals surface area (Å²) in [6, 6.07) is 1.02. The van der Waals surface area contributed by atoms with Crippen molar-refractivity contribution in [2.75, 3.05) is 58.3 Å². The number of carbonyl (C=O) groups is 6. The summed E-state index contributed by atoms with van der Waals surface area (Å²) in [5.41, 5.74) is 5.63. The summed E-state index contributed by atoms with van der Waals surface area (Å²) in [5, 5.41) is 18.8. The van der Waals surface area contributed by atoms with Crippen molar-refractivity contribution >= 4 is 52.5 Å². The first kappa shape index (κ1) is 37.1. The van der Waals surface area contributed by atoms with E-state index in [9.17, 15) is 33.2 Å². The van der Waals surface area contributed by atoms with E-state index in [1.807, 2.05) is 6.07 Å². The number of carbonyl (C=O) groups excluding carboxylic acids is 6. The van der Waals surface area contributed by atoms with E-state index in [0.29, 0.717) is 37.0 Å². The van der Waals surface area contributed by atoms with E-state index in [-0.39, 0.29) is 37.5 Å². The number of esters is 1. The lowest BCUT2D eigenvalue weighted by Crippen LogP contribution is -2.54. The van der Waals surface area contributed by atoms with Crippen LogP contribution in [-0.4, -0.2) is 127 Å². The highest BCUT2D eigenvalue weighted by Gasteiger charge is 2.35. The number of alkyl halides is 1. The first-order valence-electron chi connectivity index (χ1n) is 15.2. The minimum Gasteiger partial charge on any atom is -0.467 e. The fraction of sp³-hybridized carbons (Fsp3) is 0.552. The number of halogens is 1. The van der Waals surface area contributed by atoms with Gasteiger partial charge in [0.25, 0.3) is 0 Å². The van der Waals surface area contributed by atoms with Crippen molar-refractivity contribution in [1.82, 2.24) is 40.7 Å². The van der Waals surface area contributed by atoms with Crippen molar-refractivity contribution < 1.29 is 37.9 Å². The Morgan fingerprint density at radius 2 is 1.79 bits per heavy atom. The number of nitrogens with zero attached hydrogens (tertiary/aromatic N) is 6. The fourth-order valence-electron chi connectivity index (χ4n) is 5.07. The molecule has 2 aromatic rings. The van der Waals surface area contributed by atoms with Gasteiger partial charge in [-0.25, -0.2) is 23.9 Å². The van der Waals surface area contributed by atoms with E-state index in [1.165, 1.54) is 24.5 Å². The molecule has 1 unspecified atom stereocenters. The minimum absolute atomic E-state index is 0.0523. The number of methoxy groups -OCH3 is 1. The summed E-state index contributed by atoms with van der Waals surface area (Å²) >= 11 is 0. The quantitative estimate of drug-likeness (QED) is 0.105. The van der Waals surface area contributed by atoms with Crippen LogP contribution < -0.4 is 31.9 Å². The van der Waals surface area contributed by atoms with Crippen LogP contribution in [0.1, 0.15) is 32.1 Å². The van der Waals surface area contributed by atoms with Gasteiger partial charge in [-0.2, -0.15) is 5.26 Å². The summed E-state index contributed by atoms with van der Waals surface area (Å²) in [5.74, 6) is -2.69. The number of likely N-dealkylation sites (tertiary alicyclic amines) is 1. The van der Waals surface area contributed by atoms with E-state index in [4.69, 9.17) is 11.0 Å². The van der Waals surface area contributed by atoms with Crippen molar-refractivity contribution in [3.63, 3.8) is 0 Å².